The molecule has 3 aromatic rings. The Morgan fingerprint density at radius 3 is 2.18 bits per heavy atom. The number of aliphatic hydroxyl groups is 1. The number of aromatic hydroxyl groups is 1. The highest BCUT2D eigenvalue weighted by Crippen LogP contribution is 2.21. The Balaban J connectivity index is 1.52. The first-order chi connectivity index (χ1) is 15.8. The van der Waals surface area contributed by atoms with Crippen LogP contribution < -0.4 is 4.74 Å². The molecule has 3 aromatic carbocycles. The van der Waals surface area contributed by atoms with Gasteiger partial charge in [-0.1, -0.05) is 66.7 Å². The lowest BCUT2D eigenvalue weighted by Gasteiger charge is -2.13. The molecular formula is C26H28O6S. The van der Waals surface area contributed by atoms with Crippen molar-refractivity contribution in [3.63, 3.8) is 0 Å². The summed E-state index contributed by atoms with van der Waals surface area (Å²) in [7, 11) is -4.24. The Bertz CT molecular complexity index is 1120. The Labute approximate surface area is 194 Å². The smallest absolute Gasteiger partial charge is 0.268 e. The van der Waals surface area contributed by atoms with E-state index in [0.29, 0.717) is 18.6 Å². The van der Waals surface area contributed by atoms with Gasteiger partial charge in [-0.2, -0.15) is 8.42 Å². The van der Waals surface area contributed by atoms with Gasteiger partial charge in [-0.25, -0.2) is 0 Å². The van der Waals surface area contributed by atoms with Crippen LogP contribution in [-0.2, 0) is 23.1 Å². The van der Waals surface area contributed by atoms with Crippen LogP contribution in [0.2, 0.25) is 0 Å². The van der Waals surface area contributed by atoms with Gasteiger partial charge in [0, 0.05) is 0 Å². The fraction of sp³-hybridized carbons (Fsp3) is 0.231. The van der Waals surface area contributed by atoms with Gasteiger partial charge < -0.3 is 14.9 Å². The van der Waals surface area contributed by atoms with Gasteiger partial charge in [0.1, 0.15) is 18.1 Å². The molecule has 0 saturated heterocycles. The summed E-state index contributed by atoms with van der Waals surface area (Å²) < 4.78 is 39.0. The van der Waals surface area contributed by atoms with Gasteiger partial charge in [-0.3, -0.25) is 4.55 Å². The molecule has 33 heavy (non-hydrogen) atoms. The number of ether oxygens (including phenoxy) is 1. The van der Waals surface area contributed by atoms with Crippen molar-refractivity contribution in [2.45, 2.75) is 37.2 Å². The topological polar surface area (TPSA) is 104 Å². The predicted molar refractivity (Wildman–Crippen MR) is 128 cm³/mol. The molecule has 0 spiro atoms. The molecule has 3 N–H and O–H groups in total. The standard InChI is InChI=1S/C26H28O6S/c27-23-14-12-22(13-15-23)26(28)8-4-7-25(33(29,30)31)18-11-20-9-16-24(17-10-20)32-19-21-5-2-1-3-6-21/h1-6,8-10,12-17,25-28H,7,11,18-19H2,(H,29,30,31)/t25-,26+/m0/s1. The highest BCUT2D eigenvalue weighted by atomic mass is 32.2. The van der Waals surface area contributed by atoms with E-state index in [4.69, 9.17) is 4.74 Å². The number of benzene rings is 3. The van der Waals surface area contributed by atoms with Gasteiger partial charge in [-0.15, -0.1) is 0 Å². The molecule has 0 aliphatic heterocycles. The van der Waals surface area contributed by atoms with Crippen LogP contribution in [0.1, 0.15) is 35.6 Å². The van der Waals surface area contributed by atoms with Gasteiger partial charge in [0.15, 0.2) is 0 Å². The number of phenols is 1. The average Bonchev–Trinajstić information content (AvgIpc) is 2.81. The van der Waals surface area contributed by atoms with Crippen molar-refractivity contribution in [1.29, 1.82) is 0 Å². The molecule has 0 bridgehead atoms. The van der Waals surface area contributed by atoms with E-state index in [9.17, 15) is 23.2 Å². The number of hydrogen-bond donors (Lipinski definition) is 3. The van der Waals surface area contributed by atoms with Crippen LogP contribution >= 0.6 is 0 Å². The van der Waals surface area contributed by atoms with Crippen molar-refractivity contribution >= 4 is 10.1 Å². The minimum absolute atomic E-state index is 0.0756. The summed E-state index contributed by atoms with van der Waals surface area (Å²) >= 11 is 0. The Hall–Kier alpha value is -3.13. The van der Waals surface area contributed by atoms with Crippen LogP contribution in [0.3, 0.4) is 0 Å². The number of hydrogen-bond acceptors (Lipinski definition) is 5. The molecule has 0 fully saturated rings. The van der Waals surface area contributed by atoms with Crippen molar-refractivity contribution in [2.75, 3.05) is 0 Å². The molecule has 0 saturated carbocycles. The summed E-state index contributed by atoms with van der Waals surface area (Å²) in [6, 6.07) is 23.4. The first-order valence-corrected chi connectivity index (χ1v) is 12.2. The molecule has 0 unspecified atom stereocenters. The molecule has 0 aromatic heterocycles. The van der Waals surface area contributed by atoms with Gasteiger partial charge in [0.25, 0.3) is 10.1 Å². The second-order valence-corrected chi connectivity index (χ2v) is 9.49. The molecule has 7 heteroatoms. The lowest BCUT2D eigenvalue weighted by molar-refractivity contribution is 0.228. The normalized spacial score (nSPS) is 13.6. The van der Waals surface area contributed by atoms with E-state index in [2.05, 4.69) is 0 Å². The summed E-state index contributed by atoms with van der Waals surface area (Å²) in [5, 5.41) is 18.5. The molecular weight excluding hydrogens is 440 g/mol. The molecule has 174 valence electrons. The van der Waals surface area contributed by atoms with Crippen molar-refractivity contribution < 1.29 is 27.9 Å². The van der Waals surface area contributed by atoms with Gasteiger partial charge in [0.05, 0.1) is 11.4 Å². The zero-order valence-electron chi connectivity index (χ0n) is 18.1. The maximum atomic E-state index is 11.8. The van der Waals surface area contributed by atoms with Crippen molar-refractivity contribution in [3.8, 4) is 11.5 Å². The molecule has 3 rings (SSSR count). The highest BCUT2D eigenvalue weighted by Gasteiger charge is 2.21. The van der Waals surface area contributed by atoms with Gasteiger partial charge in [0.2, 0.25) is 0 Å². The third kappa shape index (κ3) is 8.05. The summed E-state index contributed by atoms with van der Waals surface area (Å²) in [5.74, 6) is 0.817. The number of phenolic OH excluding ortho intramolecular Hbond substituents is 1. The SMILES string of the molecule is O=S(=O)(O)[C@@H](CC=C[C@@H](O)c1ccc(O)cc1)CCc1ccc(OCc2ccccc2)cc1. The quantitative estimate of drug-likeness (QED) is 0.275. The van der Waals surface area contributed by atoms with E-state index in [1.165, 1.54) is 18.2 Å². The lowest BCUT2D eigenvalue weighted by atomic mass is 10.1. The first-order valence-electron chi connectivity index (χ1n) is 10.7. The minimum atomic E-state index is -4.24. The van der Waals surface area contributed by atoms with E-state index < -0.39 is 21.5 Å². The maximum absolute atomic E-state index is 11.8. The predicted octanol–water partition coefficient (Wildman–Crippen LogP) is 4.84. The van der Waals surface area contributed by atoms with Crippen LogP contribution in [-0.4, -0.2) is 28.4 Å². The molecule has 0 aliphatic carbocycles. The minimum Gasteiger partial charge on any atom is -0.508 e. The third-order valence-corrected chi connectivity index (χ3v) is 6.57. The van der Waals surface area contributed by atoms with Crippen molar-refractivity contribution in [2.24, 2.45) is 0 Å². The van der Waals surface area contributed by atoms with E-state index in [1.54, 1.807) is 18.2 Å². The summed E-state index contributed by atoms with van der Waals surface area (Å²) in [6.45, 7) is 0.466. The van der Waals surface area contributed by atoms with E-state index in [1.807, 2.05) is 54.6 Å². The number of rotatable bonds is 11. The van der Waals surface area contributed by atoms with E-state index >= 15 is 0 Å². The summed E-state index contributed by atoms with van der Waals surface area (Å²) in [4.78, 5) is 0. The number of aryl methyl sites for hydroxylation is 1. The second kappa shape index (κ2) is 11.7. The zero-order valence-corrected chi connectivity index (χ0v) is 18.9. The van der Waals surface area contributed by atoms with Crippen LogP contribution in [0, 0.1) is 0 Å². The maximum Gasteiger partial charge on any atom is 0.268 e. The van der Waals surface area contributed by atoms with Gasteiger partial charge >= 0.3 is 0 Å². The molecule has 0 heterocycles. The molecule has 2 atom stereocenters. The third-order valence-electron chi connectivity index (χ3n) is 5.30. The zero-order chi connectivity index (χ0) is 23.7. The average molecular weight is 469 g/mol. The second-order valence-electron chi connectivity index (χ2n) is 7.79. The van der Waals surface area contributed by atoms with Crippen LogP contribution in [0.25, 0.3) is 0 Å². The van der Waals surface area contributed by atoms with E-state index in [-0.39, 0.29) is 18.6 Å². The van der Waals surface area contributed by atoms with Crippen molar-refractivity contribution in [1.82, 2.24) is 0 Å². The molecule has 0 radical (unpaired) electrons. The van der Waals surface area contributed by atoms with Crippen LogP contribution in [0.15, 0.2) is 91.0 Å². The fourth-order valence-electron chi connectivity index (χ4n) is 3.35. The fourth-order valence-corrected chi connectivity index (χ4v) is 4.12. The number of allylic oxidation sites excluding steroid dienone is 1. The number of aliphatic hydroxyl groups excluding tert-OH is 1. The summed E-state index contributed by atoms with van der Waals surface area (Å²) in [5.41, 5.74) is 2.58. The monoisotopic (exact) mass is 468 g/mol. The Kier molecular flexibility index (Phi) is 8.65. The summed E-state index contributed by atoms with van der Waals surface area (Å²) in [6.07, 6.45) is 2.88. The van der Waals surface area contributed by atoms with E-state index in [0.717, 1.165) is 16.9 Å². The lowest BCUT2D eigenvalue weighted by Crippen LogP contribution is -2.20. The van der Waals surface area contributed by atoms with Crippen molar-refractivity contribution in [3.05, 3.63) is 108 Å². The molecule has 0 aliphatic rings. The van der Waals surface area contributed by atoms with Crippen LogP contribution in [0.5, 0.6) is 11.5 Å². The Morgan fingerprint density at radius 2 is 1.55 bits per heavy atom. The molecule has 0 amide bonds. The van der Waals surface area contributed by atoms with Gasteiger partial charge in [-0.05, 0) is 60.2 Å². The Morgan fingerprint density at radius 1 is 0.879 bits per heavy atom. The highest BCUT2D eigenvalue weighted by molar-refractivity contribution is 7.86. The largest absolute Gasteiger partial charge is 0.508 e. The molecule has 6 nitrogen and oxygen atoms in total. The van der Waals surface area contributed by atoms with Crippen LogP contribution in [0.4, 0.5) is 0 Å². The first kappa shape index (κ1) is 24.5.